The third kappa shape index (κ3) is 4.99. The molecule has 1 fully saturated rings. The van der Waals surface area contributed by atoms with Crippen molar-refractivity contribution in [1.82, 2.24) is 0 Å². The van der Waals surface area contributed by atoms with Gasteiger partial charge in [-0.2, -0.15) is 0 Å². The van der Waals surface area contributed by atoms with Gasteiger partial charge in [0.15, 0.2) is 0 Å². The normalized spacial score (nSPS) is 32.1. The van der Waals surface area contributed by atoms with E-state index in [1.165, 1.54) is 19.3 Å². The molecular formula is C16H32O. The summed E-state index contributed by atoms with van der Waals surface area (Å²) in [6.07, 6.45) is 6.85. The quantitative estimate of drug-likeness (QED) is 0.742. The average molecular weight is 240 g/mol. The summed E-state index contributed by atoms with van der Waals surface area (Å²) in [6, 6.07) is 0. The molecule has 0 aromatic rings. The van der Waals surface area contributed by atoms with Gasteiger partial charge >= 0.3 is 0 Å². The van der Waals surface area contributed by atoms with Gasteiger partial charge in [-0.05, 0) is 55.8 Å². The third-order valence-electron chi connectivity index (χ3n) is 4.40. The van der Waals surface area contributed by atoms with Crippen LogP contribution in [0, 0.1) is 23.7 Å². The molecule has 1 nitrogen and oxygen atoms in total. The molecule has 3 unspecified atom stereocenters. The van der Waals surface area contributed by atoms with Gasteiger partial charge in [-0.3, -0.25) is 0 Å². The lowest BCUT2D eigenvalue weighted by Gasteiger charge is -2.40. The Morgan fingerprint density at radius 3 is 2.35 bits per heavy atom. The van der Waals surface area contributed by atoms with Crippen molar-refractivity contribution in [2.75, 3.05) is 0 Å². The zero-order valence-corrected chi connectivity index (χ0v) is 12.5. The molecular weight excluding hydrogens is 208 g/mol. The first-order valence-corrected chi connectivity index (χ1v) is 7.55. The SMILES string of the molecule is CC(C)CC(C)CC1(O)CCCC(C(C)C)C1. The van der Waals surface area contributed by atoms with Gasteiger partial charge in [0.05, 0.1) is 5.60 Å². The molecule has 0 radical (unpaired) electrons. The second-order valence-corrected chi connectivity index (χ2v) is 7.26. The molecule has 1 aliphatic carbocycles. The van der Waals surface area contributed by atoms with Crippen molar-refractivity contribution in [3.8, 4) is 0 Å². The highest BCUT2D eigenvalue weighted by atomic mass is 16.3. The van der Waals surface area contributed by atoms with Crippen LogP contribution in [0.25, 0.3) is 0 Å². The first-order chi connectivity index (χ1) is 7.82. The monoisotopic (exact) mass is 240 g/mol. The number of aliphatic hydroxyl groups is 1. The Morgan fingerprint density at radius 2 is 1.82 bits per heavy atom. The van der Waals surface area contributed by atoms with Gasteiger partial charge in [0, 0.05) is 0 Å². The summed E-state index contributed by atoms with van der Waals surface area (Å²) in [7, 11) is 0. The zero-order valence-electron chi connectivity index (χ0n) is 12.5. The van der Waals surface area contributed by atoms with Crippen LogP contribution in [0.3, 0.4) is 0 Å². The molecule has 102 valence electrons. The highest BCUT2D eigenvalue weighted by Gasteiger charge is 2.36. The van der Waals surface area contributed by atoms with E-state index in [4.69, 9.17) is 0 Å². The van der Waals surface area contributed by atoms with Crippen LogP contribution < -0.4 is 0 Å². The highest BCUT2D eigenvalue weighted by Crippen LogP contribution is 2.40. The van der Waals surface area contributed by atoms with Crippen LogP contribution in [-0.2, 0) is 0 Å². The minimum Gasteiger partial charge on any atom is -0.390 e. The van der Waals surface area contributed by atoms with Crippen molar-refractivity contribution in [3.05, 3.63) is 0 Å². The molecule has 1 saturated carbocycles. The van der Waals surface area contributed by atoms with Gasteiger partial charge in [-0.15, -0.1) is 0 Å². The third-order valence-corrected chi connectivity index (χ3v) is 4.40. The van der Waals surface area contributed by atoms with Gasteiger partial charge in [-0.25, -0.2) is 0 Å². The van der Waals surface area contributed by atoms with Crippen LogP contribution in [0.15, 0.2) is 0 Å². The van der Waals surface area contributed by atoms with E-state index in [1.807, 2.05) is 0 Å². The van der Waals surface area contributed by atoms with E-state index in [9.17, 15) is 5.11 Å². The zero-order chi connectivity index (χ0) is 13.1. The maximum atomic E-state index is 10.8. The van der Waals surface area contributed by atoms with Crippen molar-refractivity contribution >= 4 is 0 Å². The largest absolute Gasteiger partial charge is 0.390 e. The Kier molecular flexibility index (Phi) is 5.50. The van der Waals surface area contributed by atoms with Gasteiger partial charge in [0.2, 0.25) is 0 Å². The number of rotatable bonds is 5. The smallest absolute Gasteiger partial charge is 0.0653 e. The topological polar surface area (TPSA) is 20.2 Å². The predicted octanol–water partition coefficient (Wildman–Crippen LogP) is 4.64. The Hall–Kier alpha value is -0.0400. The maximum absolute atomic E-state index is 10.8. The van der Waals surface area contributed by atoms with Crippen molar-refractivity contribution in [3.63, 3.8) is 0 Å². The molecule has 3 atom stereocenters. The summed E-state index contributed by atoms with van der Waals surface area (Å²) in [5.41, 5.74) is -0.360. The average Bonchev–Trinajstić information content (AvgIpc) is 2.14. The van der Waals surface area contributed by atoms with Crippen molar-refractivity contribution in [2.45, 2.75) is 78.7 Å². The van der Waals surface area contributed by atoms with Gasteiger partial charge in [0.25, 0.3) is 0 Å². The van der Waals surface area contributed by atoms with E-state index in [0.29, 0.717) is 5.92 Å². The second kappa shape index (κ2) is 6.22. The lowest BCUT2D eigenvalue weighted by molar-refractivity contribution is -0.0427. The summed E-state index contributed by atoms with van der Waals surface area (Å²) in [5, 5.41) is 10.8. The number of hydrogen-bond donors (Lipinski definition) is 1. The molecule has 0 aromatic carbocycles. The van der Waals surface area contributed by atoms with Gasteiger partial charge in [-0.1, -0.05) is 41.0 Å². The van der Waals surface area contributed by atoms with Crippen LogP contribution in [0.1, 0.15) is 73.1 Å². The lowest BCUT2D eigenvalue weighted by Crippen LogP contribution is -2.38. The van der Waals surface area contributed by atoms with Crippen LogP contribution in [0.4, 0.5) is 0 Å². The molecule has 1 heteroatoms. The van der Waals surface area contributed by atoms with Crippen molar-refractivity contribution in [2.24, 2.45) is 23.7 Å². The van der Waals surface area contributed by atoms with Crippen molar-refractivity contribution < 1.29 is 5.11 Å². The lowest BCUT2D eigenvalue weighted by atomic mass is 9.70. The van der Waals surface area contributed by atoms with E-state index < -0.39 is 0 Å². The molecule has 0 amide bonds. The fourth-order valence-corrected chi connectivity index (χ4v) is 3.68. The standard InChI is InChI=1S/C16H32O/c1-12(2)9-14(5)10-16(17)8-6-7-15(11-16)13(3)4/h12-15,17H,6-11H2,1-5H3. The Labute approximate surface area is 108 Å². The Morgan fingerprint density at radius 1 is 1.18 bits per heavy atom. The minimum atomic E-state index is -0.360. The molecule has 0 spiro atoms. The molecule has 1 rings (SSSR count). The van der Waals surface area contributed by atoms with Gasteiger partial charge in [0.1, 0.15) is 0 Å². The van der Waals surface area contributed by atoms with Crippen LogP contribution in [0.2, 0.25) is 0 Å². The molecule has 0 heterocycles. The van der Waals surface area contributed by atoms with E-state index >= 15 is 0 Å². The first kappa shape index (κ1) is 15.0. The summed E-state index contributed by atoms with van der Waals surface area (Å²) in [6.45, 7) is 11.5. The molecule has 1 N–H and O–H groups in total. The van der Waals surface area contributed by atoms with Gasteiger partial charge < -0.3 is 5.11 Å². The molecule has 0 aromatic heterocycles. The van der Waals surface area contributed by atoms with E-state index in [1.54, 1.807) is 0 Å². The molecule has 0 bridgehead atoms. The van der Waals surface area contributed by atoms with Crippen LogP contribution in [0.5, 0.6) is 0 Å². The highest BCUT2D eigenvalue weighted by molar-refractivity contribution is 4.88. The van der Waals surface area contributed by atoms with Crippen LogP contribution >= 0.6 is 0 Å². The molecule has 1 aliphatic rings. The molecule has 17 heavy (non-hydrogen) atoms. The summed E-state index contributed by atoms with van der Waals surface area (Å²) in [5.74, 6) is 2.87. The maximum Gasteiger partial charge on any atom is 0.0653 e. The second-order valence-electron chi connectivity index (χ2n) is 7.26. The predicted molar refractivity (Wildman–Crippen MR) is 75.0 cm³/mol. The fourth-order valence-electron chi connectivity index (χ4n) is 3.68. The van der Waals surface area contributed by atoms with E-state index in [0.717, 1.165) is 37.0 Å². The fraction of sp³-hybridized carbons (Fsp3) is 1.00. The Balaban J connectivity index is 2.49. The summed E-state index contributed by atoms with van der Waals surface area (Å²) < 4.78 is 0. The molecule has 0 saturated heterocycles. The minimum absolute atomic E-state index is 0.360. The first-order valence-electron chi connectivity index (χ1n) is 7.55. The van der Waals surface area contributed by atoms with Crippen LogP contribution in [-0.4, -0.2) is 10.7 Å². The van der Waals surface area contributed by atoms with E-state index in [2.05, 4.69) is 34.6 Å². The Bertz CT molecular complexity index is 222. The summed E-state index contributed by atoms with van der Waals surface area (Å²) >= 11 is 0. The summed E-state index contributed by atoms with van der Waals surface area (Å²) in [4.78, 5) is 0. The molecule has 0 aliphatic heterocycles. The van der Waals surface area contributed by atoms with E-state index in [-0.39, 0.29) is 5.60 Å². The van der Waals surface area contributed by atoms with Crippen molar-refractivity contribution in [1.29, 1.82) is 0 Å². The number of hydrogen-bond acceptors (Lipinski definition) is 1.